The van der Waals surface area contributed by atoms with E-state index < -0.39 is 0 Å². The van der Waals surface area contributed by atoms with Crippen LogP contribution in [-0.4, -0.2) is 22.7 Å². The number of hydrogen-bond donors (Lipinski definition) is 2. The predicted molar refractivity (Wildman–Crippen MR) is 66.4 cm³/mol. The number of rotatable bonds is 4. The molecule has 0 bridgehead atoms. The van der Waals surface area contributed by atoms with Crippen molar-refractivity contribution in [3.8, 4) is 0 Å². The first kappa shape index (κ1) is 12.0. The maximum atomic E-state index is 10.0. The minimum atomic E-state index is -0.149. The van der Waals surface area contributed by atoms with E-state index in [1.54, 1.807) is 11.3 Å². The standard InChI is InChI=1S/C12H20N2OS/c1-12(5-3-2-4-11(12)15)8-13-6-10-7-16-9-14-10/h7,9,11,13,15H,2-6,8H2,1H3. The Morgan fingerprint density at radius 3 is 3.19 bits per heavy atom. The molecule has 4 heteroatoms. The van der Waals surface area contributed by atoms with Gasteiger partial charge in [-0.25, -0.2) is 4.98 Å². The molecule has 2 N–H and O–H groups in total. The van der Waals surface area contributed by atoms with Gasteiger partial charge in [0.25, 0.3) is 0 Å². The first-order valence-corrected chi connectivity index (χ1v) is 6.91. The highest BCUT2D eigenvalue weighted by atomic mass is 32.1. The van der Waals surface area contributed by atoms with Crippen LogP contribution in [0.4, 0.5) is 0 Å². The van der Waals surface area contributed by atoms with Crippen molar-refractivity contribution in [2.24, 2.45) is 5.41 Å². The van der Waals surface area contributed by atoms with Crippen molar-refractivity contribution in [1.82, 2.24) is 10.3 Å². The van der Waals surface area contributed by atoms with Gasteiger partial charge in [0.15, 0.2) is 0 Å². The monoisotopic (exact) mass is 240 g/mol. The van der Waals surface area contributed by atoms with E-state index in [4.69, 9.17) is 0 Å². The first-order chi connectivity index (χ1) is 7.71. The lowest BCUT2D eigenvalue weighted by molar-refractivity contribution is 0.00111. The van der Waals surface area contributed by atoms with Gasteiger partial charge >= 0.3 is 0 Å². The van der Waals surface area contributed by atoms with E-state index in [1.807, 2.05) is 5.51 Å². The third-order valence-corrected chi connectivity index (χ3v) is 4.23. The zero-order valence-electron chi connectivity index (χ0n) is 9.78. The van der Waals surface area contributed by atoms with Gasteiger partial charge in [-0.05, 0) is 12.8 Å². The van der Waals surface area contributed by atoms with Crippen molar-refractivity contribution in [1.29, 1.82) is 0 Å². The summed E-state index contributed by atoms with van der Waals surface area (Å²) >= 11 is 1.62. The number of nitrogens with zero attached hydrogens (tertiary/aromatic N) is 1. The van der Waals surface area contributed by atoms with Gasteiger partial charge in [-0.3, -0.25) is 0 Å². The molecule has 1 fully saturated rings. The van der Waals surface area contributed by atoms with E-state index in [9.17, 15) is 5.11 Å². The SMILES string of the molecule is CC1(CNCc2cscn2)CCCCC1O. The van der Waals surface area contributed by atoms with Crippen LogP contribution in [0.2, 0.25) is 0 Å². The van der Waals surface area contributed by atoms with Gasteiger partial charge in [0, 0.05) is 23.9 Å². The largest absolute Gasteiger partial charge is 0.393 e. The van der Waals surface area contributed by atoms with Crippen molar-refractivity contribution in [3.05, 3.63) is 16.6 Å². The Kier molecular flexibility index (Phi) is 3.95. The molecule has 0 saturated heterocycles. The van der Waals surface area contributed by atoms with Gasteiger partial charge in [0.2, 0.25) is 0 Å². The lowest BCUT2D eigenvalue weighted by Crippen LogP contribution is -2.43. The Morgan fingerprint density at radius 1 is 1.62 bits per heavy atom. The highest BCUT2D eigenvalue weighted by molar-refractivity contribution is 7.07. The van der Waals surface area contributed by atoms with Crippen molar-refractivity contribution in [3.63, 3.8) is 0 Å². The van der Waals surface area contributed by atoms with Gasteiger partial charge in [0.1, 0.15) is 0 Å². The van der Waals surface area contributed by atoms with E-state index in [0.717, 1.165) is 31.6 Å². The van der Waals surface area contributed by atoms with E-state index in [-0.39, 0.29) is 11.5 Å². The van der Waals surface area contributed by atoms with Crippen molar-refractivity contribution < 1.29 is 5.11 Å². The molecule has 2 atom stereocenters. The van der Waals surface area contributed by atoms with Gasteiger partial charge in [-0.15, -0.1) is 11.3 Å². The molecule has 1 aliphatic rings. The number of aliphatic hydroxyl groups excluding tert-OH is 1. The normalized spacial score (nSPS) is 30.5. The van der Waals surface area contributed by atoms with Gasteiger partial charge in [-0.1, -0.05) is 19.8 Å². The van der Waals surface area contributed by atoms with Crippen molar-refractivity contribution >= 4 is 11.3 Å². The summed E-state index contributed by atoms with van der Waals surface area (Å²) in [6, 6.07) is 0. The molecule has 0 amide bonds. The van der Waals surface area contributed by atoms with Crippen LogP contribution in [0.15, 0.2) is 10.9 Å². The average Bonchev–Trinajstić information content (AvgIpc) is 2.76. The number of thiazole rings is 1. The second-order valence-electron chi connectivity index (χ2n) is 5.00. The topological polar surface area (TPSA) is 45.2 Å². The Labute approximate surface area is 101 Å². The molecule has 1 aromatic heterocycles. The van der Waals surface area contributed by atoms with Crippen LogP contribution in [0.1, 0.15) is 38.3 Å². The van der Waals surface area contributed by atoms with Crippen LogP contribution in [0.25, 0.3) is 0 Å². The fourth-order valence-electron chi connectivity index (χ4n) is 2.39. The fraction of sp³-hybridized carbons (Fsp3) is 0.750. The summed E-state index contributed by atoms with van der Waals surface area (Å²) in [5, 5.41) is 15.5. The summed E-state index contributed by atoms with van der Waals surface area (Å²) in [6.45, 7) is 3.88. The molecular weight excluding hydrogens is 220 g/mol. The summed E-state index contributed by atoms with van der Waals surface area (Å²) in [6.07, 6.45) is 4.34. The Bertz CT molecular complexity index is 315. The molecule has 0 aromatic carbocycles. The van der Waals surface area contributed by atoms with E-state index in [0.29, 0.717) is 0 Å². The lowest BCUT2D eigenvalue weighted by Gasteiger charge is -2.38. The molecule has 1 saturated carbocycles. The third-order valence-electron chi connectivity index (χ3n) is 3.60. The third kappa shape index (κ3) is 2.81. The minimum Gasteiger partial charge on any atom is -0.393 e. The van der Waals surface area contributed by atoms with Gasteiger partial charge in [0.05, 0.1) is 17.3 Å². The van der Waals surface area contributed by atoms with Gasteiger partial charge in [-0.2, -0.15) is 0 Å². The van der Waals surface area contributed by atoms with E-state index >= 15 is 0 Å². The molecule has 0 aliphatic heterocycles. The zero-order valence-corrected chi connectivity index (χ0v) is 10.6. The Hall–Kier alpha value is -0.450. The highest BCUT2D eigenvalue weighted by Crippen LogP contribution is 2.35. The molecular formula is C12H20N2OS. The molecule has 1 aromatic rings. The minimum absolute atomic E-state index is 0.0499. The second-order valence-corrected chi connectivity index (χ2v) is 5.72. The quantitative estimate of drug-likeness (QED) is 0.848. The Morgan fingerprint density at radius 2 is 2.50 bits per heavy atom. The zero-order chi connectivity index (χ0) is 11.4. The number of aromatic nitrogens is 1. The molecule has 0 spiro atoms. The molecule has 0 radical (unpaired) electrons. The summed E-state index contributed by atoms with van der Waals surface area (Å²) in [5.41, 5.74) is 3.00. The molecule has 2 rings (SSSR count). The van der Waals surface area contributed by atoms with Crippen molar-refractivity contribution in [2.75, 3.05) is 6.54 Å². The molecule has 16 heavy (non-hydrogen) atoms. The molecule has 90 valence electrons. The van der Waals surface area contributed by atoms with E-state index in [1.165, 1.54) is 12.8 Å². The van der Waals surface area contributed by atoms with Gasteiger partial charge < -0.3 is 10.4 Å². The fourth-order valence-corrected chi connectivity index (χ4v) is 2.95. The van der Waals surface area contributed by atoms with Crippen LogP contribution in [0.5, 0.6) is 0 Å². The predicted octanol–water partition coefficient (Wildman–Crippen LogP) is 2.17. The number of aliphatic hydroxyl groups is 1. The average molecular weight is 240 g/mol. The van der Waals surface area contributed by atoms with Crippen LogP contribution in [0.3, 0.4) is 0 Å². The van der Waals surface area contributed by atoms with Crippen LogP contribution in [0, 0.1) is 5.41 Å². The van der Waals surface area contributed by atoms with Crippen LogP contribution < -0.4 is 5.32 Å². The highest BCUT2D eigenvalue weighted by Gasteiger charge is 2.34. The summed E-state index contributed by atoms with van der Waals surface area (Å²) in [4.78, 5) is 4.23. The number of hydrogen-bond acceptors (Lipinski definition) is 4. The van der Waals surface area contributed by atoms with Crippen LogP contribution in [-0.2, 0) is 6.54 Å². The second kappa shape index (κ2) is 5.25. The summed E-state index contributed by atoms with van der Waals surface area (Å²) < 4.78 is 0. The Balaban J connectivity index is 1.79. The van der Waals surface area contributed by atoms with Crippen molar-refractivity contribution in [2.45, 2.75) is 45.3 Å². The van der Waals surface area contributed by atoms with Crippen LogP contribution >= 0.6 is 11.3 Å². The summed E-state index contributed by atoms with van der Waals surface area (Å²) in [7, 11) is 0. The molecule has 3 nitrogen and oxygen atoms in total. The lowest BCUT2D eigenvalue weighted by atomic mass is 9.73. The maximum absolute atomic E-state index is 10.0. The smallest absolute Gasteiger partial charge is 0.0795 e. The maximum Gasteiger partial charge on any atom is 0.0795 e. The molecule has 1 aliphatic carbocycles. The van der Waals surface area contributed by atoms with E-state index in [2.05, 4.69) is 22.6 Å². The molecule has 2 unspecified atom stereocenters. The molecule has 1 heterocycles. The number of nitrogens with one attached hydrogen (secondary N) is 1. The first-order valence-electron chi connectivity index (χ1n) is 5.96. The summed E-state index contributed by atoms with van der Waals surface area (Å²) in [5.74, 6) is 0.